The molecule has 0 saturated heterocycles. The number of ether oxygens (including phenoxy) is 2. The molecule has 2 aliphatic rings. The third-order valence-corrected chi connectivity index (χ3v) is 3.37. The van der Waals surface area contributed by atoms with Crippen molar-refractivity contribution in [1.29, 1.82) is 0 Å². The van der Waals surface area contributed by atoms with E-state index >= 15 is 0 Å². The number of hydrogen-bond acceptors (Lipinski definition) is 4. The molecule has 3 rings (SSSR count). The van der Waals surface area contributed by atoms with Gasteiger partial charge in [-0.25, -0.2) is 0 Å². The SMILES string of the molecule is OCC(NC1CC1)c1ccc2c(c1)OCCCO2. The Hall–Kier alpha value is -1.26. The first-order valence-corrected chi connectivity index (χ1v) is 6.63. The summed E-state index contributed by atoms with van der Waals surface area (Å²) in [4.78, 5) is 0. The normalized spacial score (nSPS) is 20.3. The predicted molar refractivity (Wildman–Crippen MR) is 68.0 cm³/mol. The van der Waals surface area contributed by atoms with Crippen molar-refractivity contribution in [1.82, 2.24) is 5.32 Å². The lowest BCUT2D eigenvalue weighted by atomic mass is 10.1. The van der Waals surface area contributed by atoms with Gasteiger partial charge in [-0.05, 0) is 30.5 Å². The van der Waals surface area contributed by atoms with E-state index in [1.54, 1.807) is 0 Å². The molecule has 1 atom stereocenters. The van der Waals surface area contributed by atoms with Crippen LogP contribution >= 0.6 is 0 Å². The zero-order valence-corrected chi connectivity index (χ0v) is 10.4. The first-order chi connectivity index (χ1) is 8.86. The molecule has 18 heavy (non-hydrogen) atoms. The Morgan fingerprint density at radius 3 is 2.72 bits per heavy atom. The van der Waals surface area contributed by atoms with Crippen molar-refractivity contribution in [2.45, 2.75) is 31.3 Å². The summed E-state index contributed by atoms with van der Waals surface area (Å²) < 4.78 is 11.3. The van der Waals surface area contributed by atoms with E-state index in [4.69, 9.17) is 9.47 Å². The summed E-state index contributed by atoms with van der Waals surface area (Å²) >= 11 is 0. The van der Waals surface area contributed by atoms with Crippen molar-refractivity contribution in [2.24, 2.45) is 0 Å². The summed E-state index contributed by atoms with van der Waals surface area (Å²) in [6.45, 7) is 1.50. The summed E-state index contributed by atoms with van der Waals surface area (Å²) in [7, 11) is 0. The third-order valence-electron chi connectivity index (χ3n) is 3.37. The second-order valence-electron chi connectivity index (χ2n) is 4.93. The van der Waals surface area contributed by atoms with Crippen LogP contribution in [0.25, 0.3) is 0 Å². The van der Waals surface area contributed by atoms with Gasteiger partial charge >= 0.3 is 0 Å². The maximum Gasteiger partial charge on any atom is 0.161 e. The quantitative estimate of drug-likeness (QED) is 0.851. The van der Waals surface area contributed by atoms with Gasteiger partial charge in [-0.2, -0.15) is 0 Å². The number of aliphatic hydroxyl groups excluding tert-OH is 1. The summed E-state index contributed by atoms with van der Waals surface area (Å²) in [5, 5.41) is 12.9. The highest BCUT2D eigenvalue weighted by molar-refractivity contribution is 5.44. The highest BCUT2D eigenvalue weighted by Gasteiger charge is 2.25. The van der Waals surface area contributed by atoms with Crippen LogP contribution in [0.4, 0.5) is 0 Å². The van der Waals surface area contributed by atoms with Crippen molar-refractivity contribution in [3.8, 4) is 11.5 Å². The number of aliphatic hydroxyl groups is 1. The molecule has 0 amide bonds. The smallest absolute Gasteiger partial charge is 0.161 e. The van der Waals surface area contributed by atoms with Gasteiger partial charge in [0.2, 0.25) is 0 Å². The molecular weight excluding hydrogens is 230 g/mol. The molecular formula is C14H19NO3. The zero-order valence-electron chi connectivity index (χ0n) is 10.4. The van der Waals surface area contributed by atoms with Crippen LogP contribution < -0.4 is 14.8 Å². The van der Waals surface area contributed by atoms with Crippen LogP contribution in [0.3, 0.4) is 0 Å². The van der Waals surface area contributed by atoms with Gasteiger partial charge in [0, 0.05) is 12.5 Å². The van der Waals surface area contributed by atoms with Gasteiger partial charge in [-0.15, -0.1) is 0 Å². The Labute approximate surface area is 107 Å². The number of benzene rings is 1. The lowest BCUT2D eigenvalue weighted by Crippen LogP contribution is -2.26. The monoisotopic (exact) mass is 249 g/mol. The third kappa shape index (κ3) is 2.60. The molecule has 0 radical (unpaired) electrons. The summed E-state index contributed by atoms with van der Waals surface area (Å²) in [5.41, 5.74) is 1.06. The van der Waals surface area contributed by atoms with Crippen molar-refractivity contribution < 1.29 is 14.6 Å². The molecule has 1 fully saturated rings. The number of rotatable bonds is 4. The van der Waals surface area contributed by atoms with E-state index in [2.05, 4.69) is 5.32 Å². The molecule has 1 saturated carbocycles. The fraction of sp³-hybridized carbons (Fsp3) is 0.571. The van der Waals surface area contributed by atoms with E-state index in [0.717, 1.165) is 23.5 Å². The lowest BCUT2D eigenvalue weighted by molar-refractivity contribution is 0.243. The molecule has 4 nitrogen and oxygen atoms in total. The summed E-state index contributed by atoms with van der Waals surface area (Å²) in [5.74, 6) is 1.60. The van der Waals surface area contributed by atoms with E-state index in [1.807, 2.05) is 18.2 Å². The molecule has 2 N–H and O–H groups in total. The molecule has 1 unspecified atom stereocenters. The average molecular weight is 249 g/mol. The van der Waals surface area contributed by atoms with Crippen LogP contribution in [-0.4, -0.2) is 31.0 Å². The average Bonchev–Trinajstić information content (AvgIpc) is 3.22. The van der Waals surface area contributed by atoms with Gasteiger partial charge in [-0.1, -0.05) is 6.07 Å². The molecule has 1 aliphatic carbocycles. The summed E-state index contributed by atoms with van der Waals surface area (Å²) in [6, 6.07) is 6.49. The van der Waals surface area contributed by atoms with Gasteiger partial charge in [0.15, 0.2) is 11.5 Å². The van der Waals surface area contributed by atoms with Crippen LogP contribution in [0, 0.1) is 0 Å². The van der Waals surface area contributed by atoms with Crippen molar-refractivity contribution >= 4 is 0 Å². The van der Waals surface area contributed by atoms with E-state index in [9.17, 15) is 5.11 Å². The Bertz CT molecular complexity index is 418. The Balaban J connectivity index is 1.80. The van der Waals surface area contributed by atoms with Gasteiger partial charge in [0.05, 0.1) is 25.9 Å². The fourth-order valence-corrected chi connectivity index (χ4v) is 2.19. The van der Waals surface area contributed by atoms with E-state index in [1.165, 1.54) is 12.8 Å². The minimum absolute atomic E-state index is 0.00495. The number of fused-ring (bicyclic) bond motifs is 1. The van der Waals surface area contributed by atoms with Gasteiger partial charge in [-0.3, -0.25) is 0 Å². The largest absolute Gasteiger partial charge is 0.490 e. The molecule has 1 aliphatic heterocycles. The van der Waals surface area contributed by atoms with Crippen LogP contribution in [-0.2, 0) is 0 Å². The molecule has 1 heterocycles. The van der Waals surface area contributed by atoms with Crippen molar-refractivity contribution in [3.05, 3.63) is 23.8 Å². The Morgan fingerprint density at radius 1 is 1.22 bits per heavy atom. The highest BCUT2D eigenvalue weighted by Crippen LogP contribution is 2.33. The second-order valence-corrected chi connectivity index (χ2v) is 4.93. The lowest BCUT2D eigenvalue weighted by Gasteiger charge is -2.18. The van der Waals surface area contributed by atoms with Gasteiger partial charge in [0.25, 0.3) is 0 Å². The second kappa shape index (κ2) is 5.16. The van der Waals surface area contributed by atoms with Gasteiger partial charge < -0.3 is 19.9 Å². The van der Waals surface area contributed by atoms with E-state index < -0.39 is 0 Å². The Kier molecular flexibility index (Phi) is 3.39. The fourth-order valence-electron chi connectivity index (χ4n) is 2.19. The molecule has 0 aromatic heterocycles. The Morgan fingerprint density at radius 2 is 2.00 bits per heavy atom. The first-order valence-electron chi connectivity index (χ1n) is 6.63. The molecule has 98 valence electrons. The predicted octanol–water partition coefficient (Wildman–Crippen LogP) is 1.63. The maximum absolute atomic E-state index is 9.48. The maximum atomic E-state index is 9.48. The number of hydrogen-bond donors (Lipinski definition) is 2. The molecule has 0 spiro atoms. The standard InChI is InChI=1S/C14H19NO3/c16-9-12(15-11-3-4-11)10-2-5-13-14(8-10)18-7-1-6-17-13/h2,5,8,11-12,15-16H,1,3-4,6-7,9H2. The highest BCUT2D eigenvalue weighted by atomic mass is 16.5. The topological polar surface area (TPSA) is 50.7 Å². The van der Waals surface area contributed by atoms with Crippen LogP contribution in [0.5, 0.6) is 11.5 Å². The zero-order chi connectivity index (χ0) is 12.4. The van der Waals surface area contributed by atoms with Crippen LogP contribution in [0.15, 0.2) is 18.2 Å². The summed E-state index contributed by atoms with van der Waals surface area (Å²) in [6.07, 6.45) is 3.33. The minimum atomic E-state index is -0.00495. The van der Waals surface area contributed by atoms with Crippen LogP contribution in [0.1, 0.15) is 30.9 Å². The van der Waals surface area contributed by atoms with Crippen molar-refractivity contribution in [3.63, 3.8) is 0 Å². The minimum Gasteiger partial charge on any atom is -0.490 e. The first kappa shape index (κ1) is 11.8. The van der Waals surface area contributed by atoms with E-state index in [-0.39, 0.29) is 12.6 Å². The molecule has 1 aromatic rings. The van der Waals surface area contributed by atoms with Gasteiger partial charge in [0.1, 0.15) is 0 Å². The number of nitrogens with one attached hydrogen (secondary N) is 1. The van der Waals surface area contributed by atoms with Crippen LogP contribution in [0.2, 0.25) is 0 Å². The van der Waals surface area contributed by atoms with E-state index in [0.29, 0.717) is 19.3 Å². The molecule has 1 aromatic carbocycles. The molecule has 0 bridgehead atoms. The molecule has 4 heteroatoms. The van der Waals surface area contributed by atoms with Crippen molar-refractivity contribution in [2.75, 3.05) is 19.8 Å².